The summed E-state index contributed by atoms with van der Waals surface area (Å²) in [5.74, 6) is 0.729. The number of aromatic nitrogens is 1. The van der Waals surface area contributed by atoms with Crippen molar-refractivity contribution in [3.05, 3.63) is 23.9 Å². The molecule has 2 saturated heterocycles. The highest BCUT2D eigenvalue weighted by molar-refractivity contribution is 5.98. The van der Waals surface area contributed by atoms with E-state index in [-0.39, 0.29) is 5.91 Å². The van der Waals surface area contributed by atoms with Crippen LogP contribution >= 0.6 is 0 Å². The molecule has 23 heavy (non-hydrogen) atoms. The number of nitrogens with one attached hydrogen (secondary N) is 1. The number of rotatable bonds is 5. The lowest BCUT2D eigenvalue weighted by Crippen LogP contribution is -2.42. The Bertz CT molecular complexity index is 525. The average molecular weight is 318 g/mol. The molecule has 1 unspecified atom stereocenters. The summed E-state index contributed by atoms with van der Waals surface area (Å²) in [6, 6.07) is 4.06. The SMILES string of the molecule is CC(CNC(=O)c1cccnc1N1CCOCC1)N1CCCC1. The Morgan fingerprint density at radius 1 is 1.30 bits per heavy atom. The monoisotopic (exact) mass is 318 g/mol. The van der Waals surface area contributed by atoms with Crippen molar-refractivity contribution in [2.75, 3.05) is 50.8 Å². The summed E-state index contributed by atoms with van der Waals surface area (Å²) in [7, 11) is 0. The number of anilines is 1. The van der Waals surface area contributed by atoms with Crippen LogP contribution in [0.15, 0.2) is 18.3 Å². The lowest BCUT2D eigenvalue weighted by molar-refractivity contribution is 0.0938. The maximum atomic E-state index is 12.6. The van der Waals surface area contributed by atoms with E-state index in [0.717, 1.165) is 32.0 Å². The maximum absolute atomic E-state index is 12.6. The van der Waals surface area contributed by atoms with Gasteiger partial charge in [-0.2, -0.15) is 0 Å². The van der Waals surface area contributed by atoms with Crippen LogP contribution in [0.2, 0.25) is 0 Å². The lowest BCUT2D eigenvalue weighted by atomic mass is 10.2. The summed E-state index contributed by atoms with van der Waals surface area (Å²) < 4.78 is 5.38. The van der Waals surface area contributed by atoms with Gasteiger partial charge in [0.1, 0.15) is 5.82 Å². The molecule has 0 saturated carbocycles. The van der Waals surface area contributed by atoms with Crippen LogP contribution in [0.3, 0.4) is 0 Å². The molecule has 3 heterocycles. The van der Waals surface area contributed by atoms with Crippen molar-refractivity contribution in [2.24, 2.45) is 0 Å². The molecule has 2 aliphatic rings. The van der Waals surface area contributed by atoms with Crippen LogP contribution in [-0.2, 0) is 4.74 Å². The molecule has 1 aromatic heterocycles. The number of hydrogen-bond acceptors (Lipinski definition) is 5. The van der Waals surface area contributed by atoms with Gasteiger partial charge < -0.3 is 15.0 Å². The number of nitrogens with zero attached hydrogens (tertiary/aromatic N) is 3. The molecule has 0 aliphatic carbocycles. The summed E-state index contributed by atoms with van der Waals surface area (Å²) in [6.45, 7) is 8.07. The fraction of sp³-hybridized carbons (Fsp3) is 0.647. The van der Waals surface area contributed by atoms with Crippen molar-refractivity contribution < 1.29 is 9.53 Å². The highest BCUT2D eigenvalue weighted by Gasteiger charge is 2.22. The van der Waals surface area contributed by atoms with Crippen molar-refractivity contribution in [1.29, 1.82) is 0 Å². The predicted molar refractivity (Wildman–Crippen MR) is 89.9 cm³/mol. The van der Waals surface area contributed by atoms with Gasteiger partial charge in [-0.15, -0.1) is 0 Å². The molecular weight excluding hydrogens is 292 g/mol. The Balaban J connectivity index is 1.62. The molecule has 1 atom stereocenters. The topological polar surface area (TPSA) is 57.7 Å². The van der Waals surface area contributed by atoms with Gasteiger partial charge in [0.2, 0.25) is 0 Å². The van der Waals surface area contributed by atoms with Gasteiger partial charge in [0.15, 0.2) is 0 Å². The van der Waals surface area contributed by atoms with Crippen molar-refractivity contribution >= 4 is 11.7 Å². The Labute approximate surface area is 137 Å². The molecular formula is C17H26N4O2. The largest absolute Gasteiger partial charge is 0.378 e. The molecule has 0 spiro atoms. The zero-order valence-corrected chi connectivity index (χ0v) is 13.8. The smallest absolute Gasteiger partial charge is 0.255 e. The Kier molecular flexibility index (Phi) is 5.46. The van der Waals surface area contributed by atoms with Gasteiger partial charge in [-0.05, 0) is 45.0 Å². The van der Waals surface area contributed by atoms with Crippen LogP contribution in [0.25, 0.3) is 0 Å². The van der Waals surface area contributed by atoms with Crippen molar-refractivity contribution in [3.63, 3.8) is 0 Å². The van der Waals surface area contributed by atoms with Crippen LogP contribution in [0.1, 0.15) is 30.1 Å². The molecule has 0 radical (unpaired) electrons. The van der Waals surface area contributed by atoms with E-state index in [1.807, 2.05) is 12.1 Å². The zero-order chi connectivity index (χ0) is 16.1. The van der Waals surface area contributed by atoms with Gasteiger partial charge in [0.05, 0.1) is 18.8 Å². The number of hydrogen-bond donors (Lipinski definition) is 1. The van der Waals surface area contributed by atoms with E-state index in [4.69, 9.17) is 4.74 Å². The summed E-state index contributed by atoms with van der Waals surface area (Å²) >= 11 is 0. The second kappa shape index (κ2) is 7.75. The van der Waals surface area contributed by atoms with E-state index in [2.05, 4.69) is 27.0 Å². The van der Waals surface area contributed by atoms with E-state index in [1.165, 1.54) is 12.8 Å². The third-order valence-electron chi connectivity index (χ3n) is 4.66. The van der Waals surface area contributed by atoms with E-state index >= 15 is 0 Å². The van der Waals surface area contributed by atoms with Crippen LogP contribution in [0.5, 0.6) is 0 Å². The molecule has 0 aromatic carbocycles. The third kappa shape index (κ3) is 4.00. The number of likely N-dealkylation sites (tertiary alicyclic amines) is 1. The molecule has 1 amide bonds. The number of carbonyl (C=O) groups excluding carboxylic acids is 1. The highest BCUT2D eigenvalue weighted by atomic mass is 16.5. The quantitative estimate of drug-likeness (QED) is 0.882. The highest BCUT2D eigenvalue weighted by Crippen LogP contribution is 2.18. The molecule has 2 aliphatic heterocycles. The van der Waals surface area contributed by atoms with Gasteiger partial charge in [-0.3, -0.25) is 9.69 Å². The van der Waals surface area contributed by atoms with Crippen LogP contribution < -0.4 is 10.2 Å². The molecule has 0 bridgehead atoms. The summed E-state index contributed by atoms with van der Waals surface area (Å²) in [4.78, 5) is 21.6. The van der Waals surface area contributed by atoms with Crippen LogP contribution in [0, 0.1) is 0 Å². The number of amides is 1. The first kappa shape index (κ1) is 16.2. The number of ether oxygens (including phenoxy) is 1. The van der Waals surface area contributed by atoms with Crippen molar-refractivity contribution in [2.45, 2.75) is 25.8 Å². The third-order valence-corrected chi connectivity index (χ3v) is 4.66. The first-order valence-corrected chi connectivity index (χ1v) is 8.55. The normalized spacial score (nSPS) is 20.5. The number of pyridine rings is 1. The molecule has 3 rings (SSSR count). The Morgan fingerprint density at radius 2 is 2.04 bits per heavy atom. The average Bonchev–Trinajstić information content (AvgIpc) is 3.15. The molecule has 126 valence electrons. The molecule has 6 nitrogen and oxygen atoms in total. The lowest BCUT2D eigenvalue weighted by Gasteiger charge is -2.29. The maximum Gasteiger partial charge on any atom is 0.255 e. The van der Waals surface area contributed by atoms with Gasteiger partial charge >= 0.3 is 0 Å². The van der Waals surface area contributed by atoms with Gasteiger partial charge in [-0.25, -0.2) is 4.98 Å². The first-order valence-electron chi connectivity index (χ1n) is 8.55. The summed E-state index contributed by atoms with van der Waals surface area (Å²) in [6.07, 6.45) is 4.28. The fourth-order valence-electron chi connectivity index (χ4n) is 3.25. The number of morpholine rings is 1. The summed E-state index contributed by atoms with van der Waals surface area (Å²) in [5.41, 5.74) is 0.656. The Morgan fingerprint density at radius 3 is 2.78 bits per heavy atom. The second-order valence-electron chi connectivity index (χ2n) is 6.28. The Hall–Kier alpha value is -1.66. The second-order valence-corrected chi connectivity index (χ2v) is 6.28. The van der Waals surface area contributed by atoms with Gasteiger partial charge in [0.25, 0.3) is 5.91 Å². The van der Waals surface area contributed by atoms with E-state index in [1.54, 1.807) is 6.20 Å². The van der Waals surface area contributed by atoms with Crippen molar-refractivity contribution in [3.8, 4) is 0 Å². The van der Waals surface area contributed by atoms with E-state index in [0.29, 0.717) is 31.4 Å². The minimum absolute atomic E-state index is 0.0364. The minimum Gasteiger partial charge on any atom is -0.378 e. The van der Waals surface area contributed by atoms with Gasteiger partial charge in [-0.1, -0.05) is 0 Å². The molecule has 6 heteroatoms. The molecule has 1 aromatic rings. The van der Waals surface area contributed by atoms with Crippen molar-refractivity contribution in [1.82, 2.24) is 15.2 Å². The number of carbonyl (C=O) groups is 1. The van der Waals surface area contributed by atoms with Crippen LogP contribution in [0.4, 0.5) is 5.82 Å². The zero-order valence-electron chi connectivity index (χ0n) is 13.8. The standard InChI is InChI=1S/C17H26N4O2/c1-14(20-7-2-3-8-20)13-19-17(22)15-5-4-6-18-16(15)21-9-11-23-12-10-21/h4-6,14H,2-3,7-13H2,1H3,(H,19,22). The molecule has 2 fully saturated rings. The van der Waals surface area contributed by atoms with Gasteiger partial charge in [0, 0.05) is 31.9 Å². The van der Waals surface area contributed by atoms with Crippen LogP contribution in [-0.4, -0.2) is 67.8 Å². The summed E-state index contributed by atoms with van der Waals surface area (Å²) in [5, 5.41) is 3.08. The van der Waals surface area contributed by atoms with E-state index < -0.39 is 0 Å². The fourth-order valence-corrected chi connectivity index (χ4v) is 3.25. The van der Waals surface area contributed by atoms with E-state index in [9.17, 15) is 4.79 Å². The first-order chi connectivity index (χ1) is 11.3. The predicted octanol–water partition coefficient (Wildman–Crippen LogP) is 1.13. The minimum atomic E-state index is -0.0364. The molecule has 1 N–H and O–H groups in total.